The van der Waals surface area contributed by atoms with E-state index in [0.717, 1.165) is 18.2 Å². The van der Waals surface area contributed by atoms with E-state index in [-0.39, 0.29) is 26.9 Å². The lowest BCUT2D eigenvalue weighted by Gasteiger charge is -2.40. The molecule has 13 heteroatoms. The lowest BCUT2D eigenvalue weighted by Crippen LogP contribution is -2.50. The van der Waals surface area contributed by atoms with Crippen LogP contribution < -0.4 is 0 Å². The Bertz CT molecular complexity index is 1190. The summed E-state index contributed by atoms with van der Waals surface area (Å²) >= 11 is 11.7. The Kier molecular flexibility index (Phi) is 7.06. The molecule has 0 aliphatic rings. The molecular formula is C20H13Cl2F3N5O3-. The average Bonchev–Trinajstić information content (AvgIpc) is 3.25. The molecule has 0 aliphatic heterocycles. The van der Waals surface area contributed by atoms with Crippen LogP contribution in [0.3, 0.4) is 0 Å². The summed E-state index contributed by atoms with van der Waals surface area (Å²) in [5.74, 6) is -1.04. The van der Waals surface area contributed by atoms with Gasteiger partial charge in [0.15, 0.2) is 5.78 Å². The van der Waals surface area contributed by atoms with E-state index in [1.54, 1.807) is 0 Å². The zero-order valence-electron chi connectivity index (χ0n) is 16.4. The minimum absolute atomic E-state index is 0.0395. The Morgan fingerprint density at radius 1 is 1.21 bits per heavy atom. The normalized spacial score (nSPS) is 13.5. The third-order valence-corrected chi connectivity index (χ3v) is 5.37. The maximum atomic E-state index is 14.4. The van der Waals surface area contributed by atoms with E-state index in [1.165, 1.54) is 35.5 Å². The first-order valence-corrected chi connectivity index (χ1v) is 9.81. The molecule has 0 saturated carbocycles. The Hall–Kier alpha value is -3.01. The second kappa shape index (κ2) is 9.46. The number of hydrogen-bond acceptors (Lipinski definition) is 7. The van der Waals surface area contributed by atoms with Crippen molar-refractivity contribution in [2.45, 2.75) is 18.0 Å². The summed E-state index contributed by atoms with van der Waals surface area (Å²) in [4.78, 5) is 16.7. The molecule has 1 heterocycles. The summed E-state index contributed by atoms with van der Waals surface area (Å²) in [5, 5.41) is 32.7. The number of hydrogen-bond donors (Lipinski definition) is 1. The fourth-order valence-electron chi connectivity index (χ4n) is 3.37. The van der Waals surface area contributed by atoms with Gasteiger partial charge in [-0.1, -0.05) is 23.2 Å². The molecular weight excluding hydrogens is 486 g/mol. The largest absolute Gasteiger partial charge is 0.762 e. The van der Waals surface area contributed by atoms with E-state index in [2.05, 4.69) is 10.1 Å². The summed E-state index contributed by atoms with van der Waals surface area (Å²) in [6.45, 7) is -1.51. The molecule has 0 fully saturated rings. The number of aromatic nitrogens is 3. The fraction of sp³-hybridized carbons (Fsp3) is 0.200. The molecule has 33 heavy (non-hydrogen) atoms. The first-order chi connectivity index (χ1) is 15.5. The number of ketones is 1. The van der Waals surface area contributed by atoms with Gasteiger partial charge in [-0.25, -0.2) is 9.67 Å². The highest BCUT2D eigenvalue weighted by Crippen LogP contribution is 2.46. The van der Waals surface area contributed by atoms with Gasteiger partial charge in [-0.05, 0) is 42.0 Å². The van der Waals surface area contributed by atoms with Crippen molar-refractivity contribution in [2.75, 3.05) is 6.54 Å². The number of carbonyl (C=O) groups is 1. The van der Waals surface area contributed by atoms with Crippen molar-refractivity contribution in [1.29, 1.82) is 5.26 Å². The molecule has 3 rings (SSSR count). The molecule has 0 unspecified atom stereocenters. The van der Waals surface area contributed by atoms with Crippen LogP contribution in [0.2, 0.25) is 10.0 Å². The van der Waals surface area contributed by atoms with E-state index in [1.807, 2.05) is 6.07 Å². The van der Waals surface area contributed by atoms with Crippen LogP contribution >= 0.6 is 23.2 Å². The van der Waals surface area contributed by atoms with E-state index in [0.29, 0.717) is 0 Å². The first kappa shape index (κ1) is 24.6. The minimum Gasteiger partial charge on any atom is -0.762 e. The molecule has 8 nitrogen and oxygen atoms in total. The molecule has 2 aromatic carbocycles. The summed E-state index contributed by atoms with van der Waals surface area (Å²) in [7, 11) is 0. The Morgan fingerprint density at radius 3 is 2.39 bits per heavy atom. The molecule has 1 atom stereocenters. The third kappa shape index (κ3) is 5.16. The van der Waals surface area contributed by atoms with Crippen molar-refractivity contribution in [3.63, 3.8) is 0 Å². The Morgan fingerprint density at radius 2 is 1.88 bits per heavy atom. The van der Waals surface area contributed by atoms with Crippen molar-refractivity contribution in [3.05, 3.63) is 81.0 Å². The highest BCUT2D eigenvalue weighted by molar-refractivity contribution is 6.34. The van der Waals surface area contributed by atoms with Gasteiger partial charge in [0, 0.05) is 28.6 Å². The second-order valence-electron chi connectivity index (χ2n) is 7.03. The fourth-order valence-corrected chi connectivity index (χ4v) is 3.90. The zero-order chi connectivity index (χ0) is 24.4. The Labute approximate surface area is 194 Å². The van der Waals surface area contributed by atoms with Crippen LogP contribution in [0.4, 0.5) is 13.2 Å². The Balaban J connectivity index is 2.09. The summed E-state index contributed by atoms with van der Waals surface area (Å²) in [6.07, 6.45) is -3.91. The number of rotatable bonds is 7. The molecule has 3 aromatic rings. The minimum atomic E-state index is -5.17. The molecule has 0 spiro atoms. The van der Waals surface area contributed by atoms with E-state index in [4.69, 9.17) is 23.2 Å². The molecule has 0 amide bonds. The van der Waals surface area contributed by atoms with E-state index in [9.17, 15) is 33.6 Å². The van der Waals surface area contributed by atoms with Gasteiger partial charge in [0.05, 0.1) is 11.3 Å². The van der Waals surface area contributed by atoms with Crippen LogP contribution in [0.15, 0.2) is 49.1 Å². The highest BCUT2D eigenvalue weighted by atomic mass is 35.5. The van der Waals surface area contributed by atoms with Crippen molar-refractivity contribution in [3.8, 4) is 11.8 Å². The number of nitriles is 1. The number of hydroxylamine groups is 2. The van der Waals surface area contributed by atoms with Crippen molar-refractivity contribution in [1.82, 2.24) is 20.0 Å². The molecule has 0 aliphatic carbocycles. The standard InChI is InChI=1S/C20H13Cl2F3N5O3/c21-15-4-14(5-16(22)6-15)19(9-30(32)33,20(23,24)25)7-18(31)12-1-2-17(13(3-12)8-26)29-11-27-10-28-29/h1-6,10-11,32H,7,9H2/q-1/t19-/m0/s1. The van der Waals surface area contributed by atoms with Crippen LogP contribution in [-0.4, -0.2) is 43.7 Å². The molecule has 0 saturated heterocycles. The van der Waals surface area contributed by atoms with Gasteiger partial charge in [0.2, 0.25) is 0 Å². The van der Waals surface area contributed by atoms with Crippen molar-refractivity contribution in [2.24, 2.45) is 0 Å². The van der Waals surface area contributed by atoms with Crippen LogP contribution in [0.1, 0.15) is 27.9 Å². The van der Waals surface area contributed by atoms with Crippen LogP contribution in [0.25, 0.3) is 5.69 Å². The van der Waals surface area contributed by atoms with Gasteiger partial charge >= 0.3 is 6.18 Å². The summed E-state index contributed by atoms with van der Waals surface area (Å²) in [6, 6.07) is 8.55. The number of halogens is 5. The molecule has 0 radical (unpaired) electrons. The van der Waals surface area contributed by atoms with Gasteiger partial charge < -0.3 is 10.4 Å². The molecule has 1 aromatic heterocycles. The number of alkyl halides is 3. The average molecular weight is 499 g/mol. The lowest BCUT2D eigenvalue weighted by atomic mass is 9.74. The molecule has 1 N–H and O–H groups in total. The van der Waals surface area contributed by atoms with Gasteiger partial charge in [-0.3, -0.25) is 10.0 Å². The van der Waals surface area contributed by atoms with E-state index >= 15 is 0 Å². The third-order valence-electron chi connectivity index (χ3n) is 4.93. The zero-order valence-corrected chi connectivity index (χ0v) is 17.9. The highest BCUT2D eigenvalue weighted by Gasteiger charge is 2.57. The van der Waals surface area contributed by atoms with E-state index < -0.39 is 41.1 Å². The topological polar surface area (TPSA) is 118 Å². The second-order valence-corrected chi connectivity index (χ2v) is 7.90. The maximum Gasteiger partial charge on any atom is 0.400 e. The monoisotopic (exact) mass is 498 g/mol. The van der Waals surface area contributed by atoms with Gasteiger partial charge in [0.25, 0.3) is 0 Å². The first-order valence-electron chi connectivity index (χ1n) is 9.06. The van der Waals surface area contributed by atoms with Crippen LogP contribution in [-0.2, 0) is 5.41 Å². The SMILES string of the molecule is N#Cc1cc(C(=O)C[C@](CN([O-])O)(c2cc(Cl)cc(Cl)c2)C(F)(F)F)ccc1-n1cncn1. The maximum absolute atomic E-state index is 14.4. The summed E-state index contributed by atoms with van der Waals surface area (Å²) in [5.41, 5.74) is -3.71. The number of Topliss-reactive ketones (excluding diaryl/α,β-unsaturated/α-hetero) is 1. The quantitative estimate of drug-likeness (QED) is 0.370. The van der Waals surface area contributed by atoms with Crippen molar-refractivity contribution >= 4 is 29.0 Å². The van der Waals surface area contributed by atoms with Gasteiger partial charge in [-0.2, -0.15) is 23.5 Å². The smallest absolute Gasteiger partial charge is 0.400 e. The van der Waals surface area contributed by atoms with Gasteiger partial charge in [-0.15, -0.1) is 0 Å². The molecule has 172 valence electrons. The lowest BCUT2D eigenvalue weighted by molar-refractivity contribution is -0.210. The number of carbonyl (C=O) groups excluding carboxylic acids is 1. The predicted molar refractivity (Wildman–Crippen MR) is 111 cm³/mol. The van der Waals surface area contributed by atoms with Crippen molar-refractivity contribution < 1.29 is 23.2 Å². The summed E-state index contributed by atoms with van der Waals surface area (Å²) < 4.78 is 44.4. The van der Waals surface area contributed by atoms with Crippen LogP contribution in [0.5, 0.6) is 0 Å². The number of benzene rings is 2. The van der Waals surface area contributed by atoms with Crippen LogP contribution in [0, 0.1) is 16.5 Å². The molecule has 0 bridgehead atoms. The number of nitrogens with zero attached hydrogens (tertiary/aromatic N) is 5. The predicted octanol–water partition coefficient (Wildman–Crippen LogP) is 4.71. The van der Waals surface area contributed by atoms with Gasteiger partial charge in [0.1, 0.15) is 24.1 Å².